The topological polar surface area (TPSA) is 141 Å². The van der Waals surface area contributed by atoms with Crippen LogP contribution < -0.4 is 16.8 Å². The SMILES string of the molecule is Nc1ncnc(N)c1NC(=O)c1cccc(S(=O)(=O)F)c1. The first-order valence-electron chi connectivity index (χ1n) is 5.51. The highest BCUT2D eigenvalue weighted by Gasteiger charge is 2.16. The molecule has 1 heterocycles. The van der Waals surface area contributed by atoms with Crippen LogP contribution in [0.2, 0.25) is 0 Å². The molecule has 0 bridgehead atoms. The number of benzene rings is 1. The van der Waals surface area contributed by atoms with E-state index in [0.29, 0.717) is 0 Å². The number of nitrogen functional groups attached to an aromatic ring is 2. The number of carbonyl (C=O) groups is 1. The number of anilines is 3. The number of amides is 1. The number of hydrogen-bond donors (Lipinski definition) is 3. The number of halogens is 1. The number of hydrogen-bond acceptors (Lipinski definition) is 7. The smallest absolute Gasteiger partial charge is 0.332 e. The van der Waals surface area contributed by atoms with Crippen LogP contribution in [0.5, 0.6) is 0 Å². The molecule has 0 spiro atoms. The summed E-state index contributed by atoms with van der Waals surface area (Å²) >= 11 is 0. The van der Waals surface area contributed by atoms with Gasteiger partial charge in [-0.05, 0) is 18.2 Å². The number of aromatic nitrogens is 2. The van der Waals surface area contributed by atoms with E-state index in [1.165, 1.54) is 12.1 Å². The van der Waals surface area contributed by atoms with E-state index in [1.54, 1.807) is 0 Å². The molecule has 1 amide bonds. The van der Waals surface area contributed by atoms with E-state index in [4.69, 9.17) is 11.5 Å². The molecule has 21 heavy (non-hydrogen) atoms. The van der Waals surface area contributed by atoms with Gasteiger partial charge in [-0.1, -0.05) is 6.07 Å². The second kappa shape index (κ2) is 5.32. The first kappa shape index (κ1) is 14.7. The predicted molar refractivity (Wildman–Crippen MR) is 73.5 cm³/mol. The molecule has 0 atom stereocenters. The van der Waals surface area contributed by atoms with Gasteiger partial charge in [-0.25, -0.2) is 9.97 Å². The summed E-state index contributed by atoms with van der Waals surface area (Å²) in [5.74, 6) is -0.830. The molecule has 0 aliphatic rings. The molecule has 1 aromatic heterocycles. The number of nitrogens with two attached hydrogens (primary N) is 2. The van der Waals surface area contributed by atoms with Crippen LogP contribution in [0.3, 0.4) is 0 Å². The van der Waals surface area contributed by atoms with Crippen molar-refractivity contribution in [2.45, 2.75) is 4.90 Å². The molecule has 8 nitrogen and oxygen atoms in total. The molecule has 10 heteroatoms. The molecule has 110 valence electrons. The van der Waals surface area contributed by atoms with Crippen molar-refractivity contribution < 1.29 is 17.1 Å². The maximum atomic E-state index is 12.9. The highest BCUT2D eigenvalue weighted by Crippen LogP contribution is 2.22. The van der Waals surface area contributed by atoms with Gasteiger partial charge in [0, 0.05) is 5.56 Å². The third kappa shape index (κ3) is 3.23. The van der Waals surface area contributed by atoms with Gasteiger partial charge in [-0.15, -0.1) is 3.89 Å². The van der Waals surface area contributed by atoms with Crippen LogP contribution in [0.1, 0.15) is 10.4 Å². The molecule has 0 aliphatic carbocycles. The molecule has 1 aromatic carbocycles. The highest BCUT2D eigenvalue weighted by molar-refractivity contribution is 7.86. The highest BCUT2D eigenvalue weighted by atomic mass is 32.3. The van der Waals surface area contributed by atoms with E-state index in [2.05, 4.69) is 15.3 Å². The fourth-order valence-electron chi connectivity index (χ4n) is 1.52. The molecule has 0 aliphatic heterocycles. The summed E-state index contributed by atoms with van der Waals surface area (Å²) in [6, 6.07) is 4.46. The van der Waals surface area contributed by atoms with Crippen molar-refractivity contribution in [3.63, 3.8) is 0 Å². The average Bonchev–Trinajstić information content (AvgIpc) is 2.42. The maximum absolute atomic E-state index is 12.9. The third-order valence-electron chi connectivity index (χ3n) is 2.52. The average molecular weight is 311 g/mol. The fraction of sp³-hybridized carbons (Fsp3) is 0. The molecule has 2 aromatic rings. The first-order chi connectivity index (χ1) is 9.79. The largest absolute Gasteiger partial charge is 0.382 e. The van der Waals surface area contributed by atoms with Gasteiger partial charge in [-0.3, -0.25) is 4.79 Å². The summed E-state index contributed by atoms with van der Waals surface area (Å²) in [5, 5.41) is 2.34. The van der Waals surface area contributed by atoms with Gasteiger partial charge in [0.2, 0.25) is 0 Å². The zero-order valence-electron chi connectivity index (χ0n) is 10.4. The monoisotopic (exact) mass is 311 g/mol. The summed E-state index contributed by atoms with van der Waals surface area (Å²) in [6.45, 7) is 0. The molecule has 0 unspecified atom stereocenters. The van der Waals surface area contributed by atoms with Crippen LogP contribution in [-0.4, -0.2) is 24.3 Å². The van der Waals surface area contributed by atoms with Crippen LogP contribution in [0.4, 0.5) is 21.2 Å². The Morgan fingerprint density at radius 2 is 1.81 bits per heavy atom. The van der Waals surface area contributed by atoms with Gasteiger partial charge in [0.1, 0.15) is 12.0 Å². The van der Waals surface area contributed by atoms with Gasteiger partial charge in [0.05, 0.1) is 4.90 Å². The van der Waals surface area contributed by atoms with E-state index in [9.17, 15) is 17.1 Å². The number of nitrogens with zero attached hydrogens (tertiary/aromatic N) is 2. The molecule has 2 rings (SSSR count). The predicted octanol–water partition coefficient (Wildman–Crippen LogP) is 0.551. The standard InChI is InChI=1S/C11H10FN5O3S/c12-21(19,20)7-3-1-2-6(4-7)11(18)17-8-9(13)15-5-16-10(8)14/h1-5H,(H,17,18)(H4,13,14,15,16). The Labute approximate surface area is 119 Å². The molecule has 0 saturated heterocycles. The normalized spacial score (nSPS) is 11.1. The minimum Gasteiger partial charge on any atom is -0.382 e. The lowest BCUT2D eigenvalue weighted by Crippen LogP contribution is -2.16. The number of rotatable bonds is 3. The van der Waals surface area contributed by atoms with Crippen molar-refractivity contribution in [3.05, 3.63) is 36.2 Å². The lowest BCUT2D eigenvalue weighted by molar-refractivity contribution is 0.102. The maximum Gasteiger partial charge on any atom is 0.332 e. The summed E-state index contributed by atoms with van der Waals surface area (Å²) < 4.78 is 34.5. The zero-order valence-corrected chi connectivity index (χ0v) is 11.3. The summed E-state index contributed by atoms with van der Waals surface area (Å²) in [6.07, 6.45) is 1.12. The minimum atomic E-state index is -4.90. The van der Waals surface area contributed by atoms with Crippen molar-refractivity contribution in [2.24, 2.45) is 0 Å². The summed E-state index contributed by atoms with van der Waals surface area (Å²) in [7, 11) is -4.90. The zero-order chi connectivity index (χ0) is 15.6. The molecule has 0 saturated carbocycles. The Morgan fingerprint density at radius 3 is 2.38 bits per heavy atom. The van der Waals surface area contributed by atoms with Gasteiger partial charge in [0.25, 0.3) is 5.91 Å². The van der Waals surface area contributed by atoms with Gasteiger partial charge >= 0.3 is 10.2 Å². The van der Waals surface area contributed by atoms with Crippen LogP contribution in [-0.2, 0) is 10.2 Å². The van der Waals surface area contributed by atoms with Crippen molar-refractivity contribution >= 4 is 33.5 Å². The van der Waals surface area contributed by atoms with Crippen molar-refractivity contribution in [3.8, 4) is 0 Å². The van der Waals surface area contributed by atoms with E-state index in [-0.39, 0.29) is 22.9 Å². The minimum absolute atomic E-state index is 0.00370. The molecular weight excluding hydrogens is 301 g/mol. The van der Waals surface area contributed by atoms with Crippen molar-refractivity contribution in [1.29, 1.82) is 0 Å². The lowest BCUT2D eigenvalue weighted by Gasteiger charge is -2.09. The van der Waals surface area contributed by atoms with Crippen molar-refractivity contribution in [1.82, 2.24) is 9.97 Å². The van der Waals surface area contributed by atoms with E-state index < -0.39 is 21.0 Å². The molecule has 5 N–H and O–H groups in total. The van der Waals surface area contributed by atoms with E-state index in [1.807, 2.05) is 0 Å². The van der Waals surface area contributed by atoms with Crippen LogP contribution >= 0.6 is 0 Å². The van der Waals surface area contributed by atoms with E-state index in [0.717, 1.165) is 18.5 Å². The third-order valence-corrected chi connectivity index (χ3v) is 3.34. The Hall–Kier alpha value is -2.75. The van der Waals surface area contributed by atoms with Crippen LogP contribution in [0, 0.1) is 0 Å². The van der Waals surface area contributed by atoms with E-state index >= 15 is 0 Å². The van der Waals surface area contributed by atoms with Crippen LogP contribution in [0.25, 0.3) is 0 Å². The lowest BCUT2D eigenvalue weighted by atomic mass is 10.2. The summed E-state index contributed by atoms with van der Waals surface area (Å²) in [4.78, 5) is 18.7. The Balaban J connectivity index is 2.34. The number of nitrogens with one attached hydrogen (secondary N) is 1. The van der Waals surface area contributed by atoms with Crippen LogP contribution in [0.15, 0.2) is 35.5 Å². The second-order valence-corrected chi connectivity index (χ2v) is 5.29. The fourth-order valence-corrected chi connectivity index (χ4v) is 2.03. The molecule has 0 radical (unpaired) electrons. The molecule has 0 fully saturated rings. The number of carbonyl (C=O) groups excluding carboxylic acids is 1. The van der Waals surface area contributed by atoms with Gasteiger partial charge < -0.3 is 16.8 Å². The molecular formula is C11H10FN5O3S. The Morgan fingerprint density at radius 1 is 1.19 bits per heavy atom. The van der Waals surface area contributed by atoms with Crippen molar-refractivity contribution in [2.75, 3.05) is 16.8 Å². The quantitative estimate of drug-likeness (QED) is 0.703. The second-order valence-electron chi connectivity index (χ2n) is 3.94. The Kier molecular flexibility index (Phi) is 3.72. The summed E-state index contributed by atoms with van der Waals surface area (Å²) in [5.41, 5.74) is 11.0. The first-order valence-corrected chi connectivity index (χ1v) is 6.89. The van der Waals surface area contributed by atoms with Gasteiger partial charge in [-0.2, -0.15) is 8.42 Å². The van der Waals surface area contributed by atoms with Gasteiger partial charge in [0.15, 0.2) is 11.6 Å². The Bertz CT molecular complexity index is 789.